The third-order valence-electron chi connectivity index (χ3n) is 10.5. The number of benzene rings is 3. The highest BCUT2D eigenvalue weighted by atomic mass is 35.5. The molecular weight excluding hydrogens is 800 g/mol. The number of likely N-dealkylation sites (N-methyl/N-ethyl adjacent to an activating group) is 1. The van der Waals surface area contributed by atoms with Gasteiger partial charge in [0.05, 0.1) is 6.04 Å². The van der Waals surface area contributed by atoms with Crippen molar-refractivity contribution in [2.24, 2.45) is 5.73 Å². The maximum absolute atomic E-state index is 14.5. The fourth-order valence-corrected chi connectivity index (χ4v) is 7.02. The lowest BCUT2D eigenvalue weighted by atomic mass is 9.93. The largest absolute Gasteiger partial charge is 0.507 e. The van der Waals surface area contributed by atoms with E-state index in [1.807, 2.05) is 12.1 Å². The lowest BCUT2D eigenvalue weighted by Crippen LogP contribution is -2.57. The number of unbranched alkanes of at least 4 members (excludes halogenated alkanes) is 1. The molecule has 3 aromatic rings. The number of carbonyl (C=O) groups excluding carboxylic acids is 6. The van der Waals surface area contributed by atoms with E-state index >= 15 is 0 Å². The number of fused-ring (bicyclic) bond motifs is 5. The first-order valence-electron chi connectivity index (χ1n) is 20.1. The molecule has 0 fully saturated rings. The van der Waals surface area contributed by atoms with Crippen molar-refractivity contribution < 1.29 is 39.0 Å². The summed E-state index contributed by atoms with van der Waals surface area (Å²) in [6.07, 6.45) is 6.41. The van der Waals surface area contributed by atoms with E-state index in [0.29, 0.717) is 36.4 Å². The van der Waals surface area contributed by atoms with Crippen LogP contribution in [0, 0.1) is 0 Å². The number of phenols is 2. The molecule has 324 valence electrons. The number of amides is 5. The van der Waals surface area contributed by atoms with Crippen LogP contribution in [-0.4, -0.2) is 88.2 Å². The number of nitrogens with two attached hydrogens (primary N) is 1. The molecule has 5 atom stereocenters. The summed E-state index contributed by atoms with van der Waals surface area (Å²) in [6, 6.07) is 10.0. The lowest BCUT2D eigenvalue weighted by molar-refractivity contribution is -0.142. The van der Waals surface area contributed by atoms with Gasteiger partial charge in [0.25, 0.3) is 0 Å². The molecule has 0 saturated heterocycles. The molecule has 4 rings (SSSR count). The van der Waals surface area contributed by atoms with Gasteiger partial charge in [-0.25, -0.2) is 0 Å². The van der Waals surface area contributed by atoms with Crippen molar-refractivity contribution in [3.05, 3.63) is 113 Å². The number of Topliss-reactive ketones (excluding diaryl/α,β-unsaturated/α-hetero) is 1. The molecule has 0 aliphatic carbocycles. The third-order valence-corrected chi connectivity index (χ3v) is 10.8. The van der Waals surface area contributed by atoms with Crippen LogP contribution in [0.3, 0.4) is 0 Å². The molecule has 1 aliphatic rings. The number of ketones is 1. The van der Waals surface area contributed by atoms with Crippen LogP contribution in [0.4, 0.5) is 0 Å². The molecule has 0 aromatic heterocycles. The van der Waals surface area contributed by atoms with E-state index in [4.69, 9.17) is 17.3 Å². The SMILES string of the molecule is C=C/C(=C\C=C(/C)C(=O)N[C@@H](CCCCN)C(=O)N(C)[C@@H]1C(=O)N[C@@H](C)C(=O)N[C@H](C(=O)N[C@@H](CC)C(C)=O)Cc2ccc(O)c(c2)-c2cc1ccc2O)c1ccc(Cl)cc1. The Morgan fingerprint density at radius 2 is 1.57 bits per heavy atom. The molecule has 0 radical (unpaired) electrons. The fourth-order valence-electron chi connectivity index (χ4n) is 6.89. The number of carbonyl (C=O) groups is 6. The Balaban J connectivity index is 1.74. The van der Waals surface area contributed by atoms with Crippen molar-refractivity contribution in [2.75, 3.05) is 13.6 Å². The predicted molar refractivity (Wildman–Crippen MR) is 235 cm³/mol. The van der Waals surface area contributed by atoms with Gasteiger partial charge in [0.15, 0.2) is 5.78 Å². The van der Waals surface area contributed by atoms with E-state index in [9.17, 15) is 39.0 Å². The van der Waals surface area contributed by atoms with Crippen molar-refractivity contribution in [2.45, 2.75) is 90.0 Å². The molecule has 15 heteroatoms. The Morgan fingerprint density at radius 3 is 2.20 bits per heavy atom. The van der Waals surface area contributed by atoms with Crippen molar-refractivity contribution >= 4 is 52.5 Å². The van der Waals surface area contributed by atoms with Gasteiger partial charge in [0, 0.05) is 35.2 Å². The smallest absolute Gasteiger partial charge is 0.248 e. The van der Waals surface area contributed by atoms with Crippen LogP contribution >= 0.6 is 11.6 Å². The summed E-state index contributed by atoms with van der Waals surface area (Å²) in [4.78, 5) is 83.2. The van der Waals surface area contributed by atoms with E-state index in [1.54, 1.807) is 56.3 Å². The zero-order chi connectivity index (χ0) is 45.0. The van der Waals surface area contributed by atoms with Crippen LogP contribution < -0.4 is 27.0 Å². The summed E-state index contributed by atoms with van der Waals surface area (Å²) in [6.45, 7) is 10.3. The monoisotopic (exact) mass is 854 g/mol. The van der Waals surface area contributed by atoms with Crippen molar-refractivity contribution in [3.8, 4) is 22.6 Å². The van der Waals surface area contributed by atoms with E-state index in [-0.39, 0.29) is 52.4 Å². The molecule has 61 heavy (non-hydrogen) atoms. The van der Waals surface area contributed by atoms with Crippen molar-refractivity contribution in [1.29, 1.82) is 0 Å². The summed E-state index contributed by atoms with van der Waals surface area (Å²) in [5, 5.41) is 33.6. The molecule has 3 aromatic carbocycles. The maximum Gasteiger partial charge on any atom is 0.248 e. The van der Waals surface area contributed by atoms with Crippen molar-refractivity contribution in [3.63, 3.8) is 0 Å². The van der Waals surface area contributed by atoms with Crippen molar-refractivity contribution in [1.82, 2.24) is 26.2 Å². The quantitative estimate of drug-likeness (QED) is 0.0635. The Labute approximate surface area is 361 Å². The molecule has 0 saturated carbocycles. The van der Waals surface area contributed by atoms with Gasteiger partial charge >= 0.3 is 0 Å². The molecule has 0 unspecified atom stereocenters. The highest BCUT2D eigenvalue weighted by Gasteiger charge is 2.36. The molecule has 1 heterocycles. The first-order valence-corrected chi connectivity index (χ1v) is 20.5. The first kappa shape index (κ1) is 47.4. The molecule has 0 spiro atoms. The Hall–Kier alpha value is -6.25. The second-order valence-corrected chi connectivity index (χ2v) is 15.5. The van der Waals surface area contributed by atoms with Crippen LogP contribution in [-0.2, 0) is 35.2 Å². The van der Waals surface area contributed by atoms with Crippen LogP contribution in [0.5, 0.6) is 11.5 Å². The molecule has 14 nitrogen and oxygen atoms in total. The zero-order valence-corrected chi connectivity index (χ0v) is 35.8. The standard InChI is InChI=1S/C46H55ClN6O8/c1-7-30(31-15-18-33(47)19-16-31)14-12-26(3)42(57)51-37(11-9-10-22-48)46(61)53(6)41-32-17-21-40(56)35(25-32)34-23-29(13-20-39(34)55)24-38(44(59)50-36(8-2)28(5)54)52-43(58)27(4)49-45(41)60/h7,12-21,23,25,27,36-38,41,55-56H,1,8-11,22,24,48H2,2-6H3,(H,49,60)(H,50,59)(H,51,57)(H,52,58)/b26-12+,30-14+/t27-,36-,37-,38-,41-/m0/s1. The van der Waals surface area contributed by atoms with Gasteiger partial charge < -0.3 is 42.1 Å². The first-order chi connectivity index (χ1) is 29.0. The topological polar surface area (TPSA) is 220 Å². The second kappa shape index (κ2) is 21.8. The number of phenolic OH excluding ortho intramolecular Hbond substituents is 2. The average Bonchev–Trinajstić information content (AvgIpc) is 3.23. The van der Waals surface area contributed by atoms with Gasteiger partial charge in [-0.05, 0) is 112 Å². The second-order valence-electron chi connectivity index (χ2n) is 15.0. The predicted octanol–water partition coefficient (Wildman–Crippen LogP) is 4.78. The maximum atomic E-state index is 14.5. The van der Waals surface area contributed by atoms with Crippen LogP contribution in [0.25, 0.3) is 16.7 Å². The van der Waals surface area contributed by atoms with Gasteiger partial charge in [0.2, 0.25) is 29.5 Å². The number of allylic oxidation sites excluding steroid dienone is 4. The number of hydrogen-bond acceptors (Lipinski definition) is 9. The summed E-state index contributed by atoms with van der Waals surface area (Å²) < 4.78 is 0. The zero-order valence-electron chi connectivity index (χ0n) is 35.1. The Kier molecular flexibility index (Phi) is 17.0. The summed E-state index contributed by atoms with van der Waals surface area (Å²) >= 11 is 6.05. The molecule has 4 bridgehead atoms. The number of aromatic hydroxyl groups is 2. The number of hydrogen-bond donors (Lipinski definition) is 7. The van der Waals surface area contributed by atoms with E-state index in [0.717, 1.165) is 16.0 Å². The van der Waals surface area contributed by atoms with Crippen LogP contribution in [0.1, 0.15) is 76.1 Å². The summed E-state index contributed by atoms with van der Waals surface area (Å²) in [5.41, 5.74) is 8.59. The summed E-state index contributed by atoms with van der Waals surface area (Å²) in [5.74, 6) is -4.08. The van der Waals surface area contributed by atoms with Gasteiger partial charge in [-0.15, -0.1) is 0 Å². The van der Waals surface area contributed by atoms with E-state index in [2.05, 4.69) is 27.8 Å². The van der Waals surface area contributed by atoms with Gasteiger partial charge in [-0.2, -0.15) is 0 Å². The van der Waals surface area contributed by atoms with Gasteiger partial charge in [-0.3, -0.25) is 28.8 Å². The third kappa shape index (κ3) is 12.4. The number of nitrogens with zero attached hydrogens (tertiary/aromatic N) is 1. The van der Waals surface area contributed by atoms with E-state index < -0.39 is 59.7 Å². The van der Waals surface area contributed by atoms with E-state index in [1.165, 1.54) is 45.2 Å². The minimum Gasteiger partial charge on any atom is -0.507 e. The molecule has 8 N–H and O–H groups in total. The minimum atomic E-state index is -1.43. The molecular formula is C46H55ClN6O8. The highest BCUT2D eigenvalue weighted by molar-refractivity contribution is 6.30. The summed E-state index contributed by atoms with van der Waals surface area (Å²) in [7, 11) is 1.39. The van der Waals surface area contributed by atoms with Gasteiger partial charge in [-0.1, -0.05) is 67.6 Å². The Bertz CT molecular complexity index is 2200. The molecule has 5 amide bonds. The van der Waals surface area contributed by atoms with Crippen LogP contribution in [0.15, 0.2) is 91.0 Å². The molecule has 1 aliphatic heterocycles. The number of halogens is 1. The number of rotatable bonds is 15. The average molecular weight is 855 g/mol. The fraction of sp³-hybridized carbons (Fsp3) is 0.348. The lowest BCUT2D eigenvalue weighted by Gasteiger charge is -2.32. The highest BCUT2D eigenvalue weighted by Crippen LogP contribution is 2.39. The normalized spacial score (nSPS) is 18.0. The number of nitrogens with one attached hydrogen (secondary N) is 4. The minimum absolute atomic E-state index is 0.0693. The van der Waals surface area contributed by atoms with Gasteiger partial charge in [0.1, 0.15) is 35.7 Å². The Morgan fingerprint density at radius 1 is 0.918 bits per heavy atom. The van der Waals surface area contributed by atoms with Crippen LogP contribution in [0.2, 0.25) is 5.02 Å².